The first kappa shape index (κ1) is 12.0. The lowest BCUT2D eigenvalue weighted by Gasteiger charge is -2.16. The highest BCUT2D eigenvalue weighted by atomic mass is 127. The van der Waals surface area contributed by atoms with Crippen molar-refractivity contribution in [2.45, 2.75) is 0 Å². The Labute approximate surface area is 108 Å². The maximum atomic E-state index is 11.6. The highest BCUT2D eigenvalue weighted by Gasteiger charge is 2.34. The molecule has 14 heavy (non-hydrogen) atoms. The first-order chi connectivity index (χ1) is 6.54. The topological polar surface area (TPSA) is 52.6 Å². The second-order valence-corrected chi connectivity index (χ2v) is 4.51. The van der Waals surface area contributed by atoms with Crippen molar-refractivity contribution in [3.8, 4) is 0 Å². The van der Waals surface area contributed by atoms with Crippen LogP contribution in [0.2, 0.25) is 0 Å². The second kappa shape index (κ2) is 4.60. The average Bonchev–Trinajstić information content (AvgIpc) is 2.16. The monoisotopic (exact) mass is 420 g/mol. The Hall–Kier alpha value is -0.120. The van der Waals surface area contributed by atoms with Crippen LogP contribution < -0.4 is 0 Å². The molecule has 0 spiro atoms. The Morgan fingerprint density at radius 1 is 0.857 bits per heavy atom. The number of rotatable bonds is 2. The number of halogens is 2. The molecular formula is C8H6I2O4. The van der Waals surface area contributed by atoms with Crippen LogP contribution in [-0.4, -0.2) is 25.8 Å². The SMILES string of the molecule is COC1=C(I)C(=O)C(I)=C(OC)C1=O. The highest BCUT2D eigenvalue weighted by Crippen LogP contribution is 2.32. The number of carbonyl (C=O) groups excluding carboxylic acids is 2. The molecule has 0 atom stereocenters. The van der Waals surface area contributed by atoms with Gasteiger partial charge < -0.3 is 9.47 Å². The van der Waals surface area contributed by atoms with Crippen LogP contribution in [0.4, 0.5) is 0 Å². The fourth-order valence-electron chi connectivity index (χ4n) is 0.970. The normalized spacial score (nSPS) is 17.7. The van der Waals surface area contributed by atoms with E-state index in [0.717, 1.165) is 0 Å². The second-order valence-electron chi connectivity index (χ2n) is 2.35. The predicted molar refractivity (Wildman–Crippen MR) is 66.1 cm³/mol. The van der Waals surface area contributed by atoms with E-state index in [0.29, 0.717) is 7.16 Å². The molecule has 0 radical (unpaired) electrons. The van der Waals surface area contributed by atoms with Crippen molar-refractivity contribution in [3.05, 3.63) is 18.7 Å². The van der Waals surface area contributed by atoms with E-state index in [9.17, 15) is 9.59 Å². The van der Waals surface area contributed by atoms with Gasteiger partial charge in [0.2, 0.25) is 5.78 Å². The molecule has 0 N–H and O–H groups in total. The van der Waals surface area contributed by atoms with Crippen molar-refractivity contribution in [3.63, 3.8) is 0 Å². The molecule has 0 heterocycles. The molecule has 1 aliphatic carbocycles. The van der Waals surface area contributed by atoms with Gasteiger partial charge in [-0.1, -0.05) is 0 Å². The summed E-state index contributed by atoms with van der Waals surface area (Å²) in [4.78, 5) is 23.2. The number of hydrogen-bond donors (Lipinski definition) is 0. The Balaban J connectivity index is 3.29. The van der Waals surface area contributed by atoms with Crippen LogP contribution in [0.15, 0.2) is 18.7 Å². The maximum Gasteiger partial charge on any atom is 0.264 e. The highest BCUT2D eigenvalue weighted by molar-refractivity contribution is 14.1. The molecule has 0 saturated heterocycles. The van der Waals surface area contributed by atoms with Gasteiger partial charge in [0.25, 0.3) is 5.78 Å². The van der Waals surface area contributed by atoms with E-state index < -0.39 is 0 Å². The quantitative estimate of drug-likeness (QED) is 0.505. The summed E-state index contributed by atoms with van der Waals surface area (Å²) in [5, 5.41) is 0. The molecule has 1 aliphatic rings. The number of ketones is 2. The van der Waals surface area contributed by atoms with Crippen LogP contribution in [0, 0.1) is 0 Å². The van der Waals surface area contributed by atoms with Gasteiger partial charge in [0.05, 0.1) is 14.2 Å². The van der Waals surface area contributed by atoms with Gasteiger partial charge in [-0.2, -0.15) is 0 Å². The number of Topliss-reactive ketones (excluding diaryl/α,β-unsaturated/α-hetero) is 2. The van der Waals surface area contributed by atoms with Gasteiger partial charge in [-0.05, 0) is 45.2 Å². The van der Waals surface area contributed by atoms with Crippen LogP contribution in [0.25, 0.3) is 0 Å². The van der Waals surface area contributed by atoms with Crippen LogP contribution in [0.5, 0.6) is 0 Å². The molecule has 0 unspecified atom stereocenters. The standard InChI is InChI=1S/C8H6I2O4/c1-13-7-3(9)5(11)4(10)8(14-2)6(7)12/h1-2H3. The molecule has 0 fully saturated rings. The predicted octanol–water partition coefficient (Wildman–Crippen LogP) is 1.72. The first-order valence-corrected chi connectivity index (χ1v) is 5.67. The minimum atomic E-state index is -0.386. The van der Waals surface area contributed by atoms with Gasteiger partial charge in [0, 0.05) is 0 Å². The average molecular weight is 420 g/mol. The van der Waals surface area contributed by atoms with E-state index in [1.165, 1.54) is 14.2 Å². The fraction of sp³-hybridized carbons (Fsp3) is 0.250. The summed E-state index contributed by atoms with van der Waals surface area (Å²) in [7, 11) is 2.70. The van der Waals surface area contributed by atoms with Gasteiger partial charge in [0.1, 0.15) is 7.16 Å². The summed E-state index contributed by atoms with van der Waals surface area (Å²) in [6, 6.07) is 0. The molecule has 0 aromatic rings. The lowest BCUT2D eigenvalue weighted by Crippen LogP contribution is -2.21. The summed E-state index contributed by atoms with van der Waals surface area (Å²) in [5.41, 5.74) is 0. The zero-order valence-electron chi connectivity index (χ0n) is 7.39. The lowest BCUT2D eigenvalue weighted by molar-refractivity contribution is -0.120. The summed E-state index contributed by atoms with van der Waals surface area (Å²) in [6.07, 6.45) is 0. The van der Waals surface area contributed by atoms with Gasteiger partial charge in [-0.25, -0.2) is 0 Å². The molecule has 4 nitrogen and oxygen atoms in total. The van der Waals surface area contributed by atoms with Crippen molar-refractivity contribution in [1.29, 1.82) is 0 Å². The van der Waals surface area contributed by atoms with Crippen molar-refractivity contribution in [2.75, 3.05) is 14.2 Å². The van der Waals surface area contributed by atoms with Crippen molar-refractivity contribution < 1.29 is 19.1 Å². The number of methoxy groups -OCH3 is 2. The minimum Gasteiger partial charge on any atom is -0.491 e. The van der Waals surface area contributed by atoms with Crippen LogP contribution in [0.3, 0.4) is 0 Å². The van der Waals surface area contributed by atoms with Crippen LogP contribution in [0.1, 0.15) is 0 Å². The third-order valence-corrected chi connectivity index (χ3v) is 3.58. The fourth-order valence-corrected chi connectivity index (χ4v) is 2.96. The van der Waals surface area contributed by atoms with E-state index in [2.05, 4.69) is 0 Å². The van der Waals surface area contributed by atoms with Crippen LogP contribution in [-0.2, 0) is 19.1 Å². The number of ether oxygens (including phenoxy) is 2. The van der Waals surface area contributed by atoms with Gasteiger partial charge >= 0.3 is 0 Å². The Morgan fingerprint density at radius 3 is 1.50 bits per heavy atom. The zero-order chi connectivity index (χ0) is 10.9. The van der Waals surface area contributed by atoms with Crippen LogP contribution >= 0.6 is 45.2 Å². The summed E-state index contributed by atoms with van der Waals surface area (Å²) >= 11 is 3.58. The van der Waals surface area contributed by atoms with E-state index in [1.807, 2.05) is 0 Å². The molecule has 6 heteroatoms. The molecule has 76 valence electrons. The summed E-state index contributed by atoms with van der Waals surface area (Å²) in [6.45, 7) is 0. The smallest absolute Gasteiger partial charge is 0.264 e. The van der Waals surface area contributed by atoms with E-state index >= 15 is 0 Å². The molecular weight excluding hydrogens is 414 g/mol. The molecule has 0 aromatic carbocycles. The Kier molecular flexibility index (Phi) is 3.93. The first-order valence-electron chi connectivity index (χ1n) is 3.51. The number of hydrogen-bond acceptors (Lipinski definition) is 4. The molecule has 0 aliphatic heterocycles. The zero-order valence-corrected chi connectivity index (χ0v) is 11.7. The number of carbonyl (C=O) groups is 2. The Morgan fingerprint density at radius 2 is 1.21 bits per heavy atom. The van der Waals surface area contributed by atoms with Gasteiger partial charge in [0.15, 0.2) is 11.5 Å². The molecule has 0 amide bonds. The van der Waals surface area contributed by atoms with Crippen molar-refractivity contribution in [1.82, 2.24) is 0 Å². The third kappa shape index (κ3) is 1.81. The molecule has 0 aromatic heterocycles. The van der Waals surface area contributed by atoms with E-state index in [1.54, 1.807) is 45.2 Å². The number of allylic oxidation sites excluding steroid dienone is 2. The summed E-state index contributed by atoms with van der Waals surface area (Å²) in [5.74, 6) is -0.524. The molecule has 0 bridgehead atoms. The van der Waals surface area contributed by atoms with E-state index in [4.69, 9.17) is 9.47 Å². The Bertz CT molecular complexity index is 336. The van der Waals surface area contributed by atoms with Crippen molar-refractivity contribution >= 4 is 56.7 Å². The molecule has 1 rings (SSSR count). The largest absolute Gasteiger partial charge is 0.491 e. The van der Waals surface area contributed by atoms with E-state index in [-0.39, 0.29) is 23.1 Å². The minimum absolute atomic E-state index is 0.0490. The van der Waals surface area contributed by atoms with Crippen molar-refractivity contribution in [2.24, 2.45) is 0 Å². The maximum absolute atomic E-state index is 11.6. The third-order valence-electron chi connectivity index (χ3n) is 1.62. The van der Waals surface area contributed by atoms with Gasteiger partial charge in [-0.15, -0.1) is 0 Å². The van der Waals surface area contributed by atoms with Gasteiger partial charge in [-0.3, -0.25) is 9.59 Å². The molecule has 0 saturated carbocycles. The lowest BCUT2D eigenvalue weighted by atomic mass is 10.1. The summed E-state index contributed by atoms with van der Waals surface area (Å²) < 4.78 is 10.3.